The highest BCUT2D eigenvalue weighted by molar-refractivity contribution is 6.30. The van der Waals surface area contributed by atoms with Crippen LogP contribution in [0.15, 0.2) is 18.3 Å². The van der Waals surface area contributed by atoms with Crippen molar-refractivity contribution in [1.29, 1.82) is 0 Å². The number of halogens is 3. The van der Waals surface area contributed by atoms with Crippen molar-refractivity contribution in [3.8, 4) is 0 Å². The number of hydrogen-bond acceptors (Lipinski definition) is 3. The third-order valence-electron chi connectivity index (χ3n) is 3.45. The van der Waals surface area contributed by atoms with E-state index in [4.69, 9.17) is 11.6 Å². The van der Waals surface area contributed by atoms with E-state index in [9.17, 15) is 4.79 Å². The van der Waals surface area contributed by atoms with Crippen LogP contribution in [-0.2, 0) is 0 Å². The van der Waals surface area contributed by atoms with Crippen LogP contribution in [0.5, 0.6) is 0 Å². The van der Waals surface area contributed by atoms with Crippen molar-refractivity contribution in [2.45, 2.75) is 19.8 Å². The summed E-state index contributed by atoms with van der Waals surface area (Å²) in [5.74, 6) is -0.133. The van der Waals surface area contributed by atoms with Crippen LogP contribution < -0.4 is 10.6 Å². The second kappa shape index (κ2) is 8.67. The minimum Gasteiger partial charge on any atom is -0.350 e. The van der Waals surface area contributed by atoms with Gasteiger partial charge in [-0.1, -0.05) is 18.5 Å². The molecule has 0 bridgehead atoms. The lowest BCUT2D eigenvalue weighted by molar-refractivity contribution is 0.0917. The van der Waals surface area contributed by atoms with Crippen LogP contribution in [0.1, 0.15) is 30.3 Å². The van der Waals surface area contributed by atoms with Gasteiger partial charge in [-0.25, -0.2) is 4.98 Å². The van der Waals surface area contributed by atoms with Gasteiger partial charge in [-0.2, -0.15) is 0 Å². The fourth-order valence-corrected chi connectivity index (χ4v) is 2.21. The number of pyridine rings is 1. The first-order valence-corrected chi connectivity index (χ1v) is 6.57. The first kappa shape index (κ1) is 19.4. The van der Waals surface area contributed by atoms with E-state index < -0.39 is 0 Å². The predicted octanol–water partition coefficient (Wildman–Crippen LogP) is 2.70. The fraction of sp³-hybridized carbons (Fsp3) is 0.538. The smallest absolute Gasteiger partial charge is 0.269 e. The van der Waals surface area contributed by atoms with Crippen LogP contribution in [0.4, 0.5) is 0 Å². The molecule has 0 atom stereocenters. The summed E-state index contributed by atoms with van der Waals surface area (Å²) in [6.45, 7) is 4.94. The number of hydrogen-bond donors (Lipinski definition) is 2. The van der Waals surface area contributed by atoms with Gasteiger partial charge in [0.25, 0.3) is 5.91 Å². The van der Waals surface area contributed by atoms with E-state index in [1.807, 2.05) is 0 Å². The van der Waals surface area contributed by atoms with Crippen molar-refractivity contribution < 1.29 is 4.79 Å². The van der Waals surface area contributed by atoms with Gasteiger partial charge in [-0.15, -0.1) is 24.8 Å². The normalized spacial score (nSPS) is 16.5. The molecule has 0 radical (unpaired) electrons. The Hall–Kier alpha value is -0.550. The first-order valence-electron chi connectivity index (χ1n) is 6.20. The molecule has 2 N–H and O–H groups in total. The van der Waals surface area contributed by atoms with Gasteiger partial charge in [0.05, 0.1) is 5.02 Å². The van der Waals surface area contributed by atoms with E-state index >= 15 is 0 Å². The average molecular weight is 341 g/mol. The topological polar surface area (TPSA) is 54.0 Å². The Labute approximate surface area is 136 Å². The van der Waals surface area contributed by atoms with E-state index in [2.05, 4.69) is 22.5 Å². The number of piperidine rings is 1. The van der Waals surface area contributed by atoms with Crippen molar-refractivity contribution in [1.82, 2.24) is 15.6 Å². The Morgan fingerprint density at radius 2 is 2.05 bits per heavy atom. The second-order valence-electron chi connectivity index (χ2n) is 5.10. The van der Waals surface area contributed by atoms with E-state index in [0.717, 1.165) is 25.9 Å². The largest absolute Gasteiger partial charge is 0.350 e. The van der Waals surface area contributed by atoms with Crippen molar-refractivity contribution >= 4 is 42.3 Å². The fourth-order valence-electron chi connectivity index (χ4n) is 2.10. The van der Waals surface area contributed by atoms with Crippen LogP contribution in [0.3, 0.4) is 0 Å². The molecule has 2 rings (SSSR count). The molecule has 0 aromatic carbocycles. The van der Waals surface area contributed by atoms with Gasteiger partial charge < -0.3 is 10.6 Å². The Morgan fingerprint density at radius 1 is 1.40 bits per heavy atom. The van der Waals surface area contributed by atoms with Crippen molar-refractivity contribution in [2.24, 2.45) is 5.41 Å². The zero-order chi connectivity index (χ0) is 13.0. The molecule has 0 spiro atoms. The standard InChI is InChI=1S/C13H18ClN3O.2ClH/c1-13(4-6-15-7-5-13)9-17-12(18)11-3-2-10(14)8-16-11;;/h2-3,8,15H,4-7,9H2,1H3,(H,17,18);2*1H. The Bertz CT molecular complexity index is 419. The number of rotatable bonds is 3. The van der Waals surface area contributed by atoms with Crippen LogP contribution in [0, 0.1) is 5.41 Å². The number of amides is 1. The lowest BCUT2D eigenvalue weighted by Gasteiger charge is -2.34. The lowest BCUT2D eigenvalue weighted by Crippen LogP contribution is -2.43. The molecule has 1 aliphatic heterocycles. The summed E-state index contributed by atoms with van der Waals surface area (Å²) in [6.07, 6.45) is 3.66. The lowest BCUT2D eigenvalue weighted by atomic mass is 9.81. The summed E-state index contributed by atoms with van der Waals surface area (Å²) in [5, 5.41) is 6.82. The van der Waals surface area contributed by atoms with E-state index in [0.29, 0.717) is 17.3 Å². The molecule has 4 nitrogen and oxygen atoms in total. The van der Waals surface area contributed by atoms with Gasteiger partial charge in [-0.05, 0) is 43.5 Å². The molecule has 2 heterocycles. The quantitative estimate of drug-likeness (QED) is 0.889. The molecule has 1 amide bonds. The molecule has 1 aromatic rings. The molecule has 20 heavy (non-hydrogen) atoms. The number of nitrogens with one attached hydrogen (secondary N) is 2. The van der Waals surface area contributed by atoms with Gasteiger partial charge in [0.1, 0.15) is 5.69 Å². The van der Waals surface area contributed by atoms with Gasteiger partial charge in [-0.3, -0.25) is 4.79 Å². The predicted molar refractivity (Wildman–Crippen MR) is 86.3 cm³/mol. The van der Waals surface area contributed by atoms with E-state index in [-0.39, 0.29) is 36.1 Å². The summed E-state index contributed by atoms with van der Waals surface area (Å²) in [6, 6.07) is 3.32. The monoisotopic (exact) mass is 339 g/mol. The van der Waals surface area contributed by atoms with Crippen molar-refractivity contribution in [2.75, 3.05) is 19.6 Å². The summed E-state index contributed by atoms with van der Waals surface area (Å²) in [7, 11) is 0. The number of carbonyl (C=O) groups is 1. The number of carbonyl (C=O) groups excluding carboxylic acids is 1. The first-order chi connectivity index (χ1) is 8.59. The highest BCUT2D eigenvalue weighted by Crippen LogP contribution is 2.26. The molecule has 1 aromatic heterocycles. The maximum Gasteiger partial charge on any atom is 0.269 e. The van der Waals surface area contributed by atoms with Gasteiger partial charge in [0.2, 0.25) is 0 Å². The molecule has 1 fully saturated rings. The molecule has 0 aliphatic carbocycles. The van der Waals surface area contributed by atoms with Crippen molar-refractivity contribution in [3.05, 3.63) is 29.0 Å². The summed E-state index contributed by atoms with van der Waals surface area (Å²) >= 11 is 5.74. The second-order valence-corrected chi connectivity index (χ2v) is 5.54. The zero-order valence-corrected chi connectivity index (χ0v) is 13.7. The van der Waals surface area contributed by atoms with Gasteiger partial charge >= 0.3 is 0 Å². The zero-order valence-electron chi connectivity index (χ0n) is 11.3. The van der Waals surface area contributed by atoms with Crippen LogP contribution in [0.2, 0.25) is 5.02 Å². The molecular weight excluding hydrogens is 321 g/mol. The number of aromatic nitrogens is 1. The van der Waals surface area contributed by atoms with E-state index in [1.54, 1.807) is 12.1 Å². The molecule has 7 heteroatoms. The summed E-state index contributed by atoms with van der Waals surface area (Å²) in [4.78, 5) is 15.9. The molecule has 1 saturated heterocycles. The highest BCUT2D eigenvalue weighted by Gasteiger charge is 2.27. The van der Waals surface area contributed by atoms with Crippen LogP contribution in [-0.4, -0.2) is 30.5 Å². The SMILES string of the molecule is CC1(CNC(=O)c2ccc(Cl)cn2)CCNCC1.Cl.Cl. The molecule has 0 saturated carbocycles. The number of nitrogens with zero attached hydrogens (tertiary/aromatic N) is 1. The van der Waals surface area contributed by atoms with Gasteiger partial charge in [0, 0.05) is 12.7 Å². The Kier molecular flexibility index (Phi) is 8.44. The Balaban J connectivity index is 0.00000180. The van der Waals surface area contributed by atoms with Crippen LogP contribution >= 0.6 is 36.4 Å². The summed E-state index contributed by atoms with van der Waals surface area (Å²) < 4.78 is 0. The van der Waals surface area contributed by atoms with Gasteiger partial charge in [0.15, 0.2) is 0 Å². The maximum atomic E-state index is 11.9. The molecular formula is C13H20Cl3N3O. The van der Waals surface area contributed by atoms with Crippen LogP contribution in [0.25, 0.3) is 0 Å². The minimum absolute atomic E-state index is 0. The Morgan fingerprint density at radius 3 is 2.60 bits per heavy atom. The molecule has 0 unspecified atom stereocenters. The van der Waals surface area contributed by atoms with E-state index in [1.165, 1.54) is 6.20 Å². The third kappa shape index (κ3) is 5.44. The third-order valence-corrected chi connectivity index (χ3v) is 3.67. The summed E-state index contributed by atoms with van der Waals surface area (Å²) in [5.41, 5.74) is 0.602. The minimum atomic E-state index is -0.133. The maximum absolute atomic E-state index is 11.9. The highest BCUT2D eigenvalue weighted by atomic mass is 35.5. The molecule has 114 valence electrons. The average Bonchev–Trinajstić information content (AvgIpc) is 2.38. The molecule has 1 aliphatic rings. The van der Waals surface area contributed by atoms with Crippen molar-refractivity contribution in [3.63, 3.8) is 0 Å².